The third kappa shape index (κ3) is 2.61. The van der Waals surface area contributed by atoms with Crippen LogP contribution in [0.25, 0.3) is 0 Å². The molecule has 0 amide bonds. The van der Waals surface area contributed by atoms with Crippen LogP contribution in [0.1, 0.15) is 25.3 Å². The lowest BCUT2D eigenvalue weighted by molar-refractivity contribution is 0.151. The zero-order chi connectivity index (χ0) is 10.7. The maximum Gasteiger partial charge on any atom is 0.0177 e. The molecule has 0 aliphatic carbocycles. The fourth-order valence-corrected chi connectivity index (χ4v) is 2.93. The summed E-state index contributed by atoms with van der Waals surface area (Å²) in [5, 5.41) is 3.41. The Bertz CT molecular complexity index is 331. The molecule has 1 nitrogen and oxygen atoms in total. The Balaban J connectivity index is 2.06. The Morgan fingerprint density at radius 2 is 2.20 bits per heavy atom. The molecule has 0 radical (unpaired) electrons. The zero-order valence-corrected chi connectivity index (χ0v) is 10.8. The molecule has 0 atom stereocenters. The minimum absolute atomic E-state index is 0.537. The molecule has 1 aliphatic rings. The van der Waals surface area contributed by atoms with Crippen molar-refractivity contribution in [2.45, 2.75) is 26.2 Å². The summed E-state index contributed by atoms with van der Waals surface area (Å²) >= 11 is 3.53. The molecule has 0 unspecified atom stereocenters. The average Bonchev–Trinajstić information content (AvgIpc) is 2.15. The van der Waals surface area contributed by atoms with Gasteiger partial charge in [0.2, 0.25) is 0 Å². The van der Waals surface area contributed by atoms with Gasteiger partial charge in [0.25, 0.3) is 0 Å². The van der Waals surface area contributed by atoms with Crippen molar-refractivity contribution >= 4 is 15.9 Å². The van der Waals surface area contributed by atoms with E-state index in [1.807, 2.05) is 0 Å². The molecule has 1 N–H and O–H groups in total. The van der Waals surface area contributed by atoms with E-state index in [1.54, 1.807) is 0 Å². The van der Waals surface area contributed by atoms with Crippen LogP contribution in [0.2, 0.25) is 0 Å². The fraction of sp³-hybridized carbons (Fsp3) is 0.538. The van der Waals surface area contributed by atoms with Crippen LogP contribution in [-0.4, -0.2) is 13.1 Å². The van der Waals surface area contributed by atoms with Crippen molar-refractivity contribution in [3.63, 3.8) is 0 Å². The van der Waals surface area contributed by atoms with Crippen molar-refractivity contribution in [3.8, 4) is 0 Å². The Morgan fingerprint density at radius 1 is 1.40 bits per heavy atom. The van der Waals surface area contributed by atoms with E-state index in [0.717, 1.165) is 0 Å². The average molecular weight is 268 g/mol. The highest BCUT2D eigenvalue weighted by Gasteiger charge is 2.35. The lowest BCUT2D eigenvalue weighted by Crippen LogP contribution is -2.54. The molecule has 1 saturated heterocycles. The van der Waals surface area contributed by atoms with E-state index >= 15 is 0 Å². The van der Waals surface area contributed by atoms with E-state index in [4.69, 9.17) is 0 Å². The highest BCUT2D eigenvalue weighted by Crippen LogP contribution is 2.33. The van der Waals surface area contributed by atoms with Crippen molar-refractivity contribution in [3.05, 3.63) is 34.3 Å². The van der Waals surface area contributed by atoms with Gasteiger partial charge in [-0.3, -0.25) is 0 Å². The van der Waals surface area contributed by atoms with Crippen LogP contribution < -0.4 is 5.32 Å². The standard InChI is InChI=1S/C13H18BrN/c1-2-6-13(9-15-10-13)8-11-4-3-5-12(14)7-11/h3-5,7,15H,2,6,8-10H2,1H3. The minimum Gasteiger partial charge on any atom is -0.316 e. The molecular weight excluding hydrogens is 250 g/mol. The van der Waals surface area contributed by atoms with Gasteiger partial charge in [0.1, 0.15) is 0 Å². The maximum absolute atomic E-state index is 3.53. The van der Waals surface area contributed by atoms with E-state index in [-0.39, 0.29) is 0 Å². The number of benzene rings is 1. The summed E-state index contributed by atoms with van der Waals surface area (Å²) in [5.41, 5.74) is 1.99. The summed E-state index contributed by atoms with van der Waals surface area (Å²) in [5.74, 6) is 0. The molecule has 1 heterocycles. The first-order valence-corrected chi connectivity index (χ1v) is 6.49. The molecule has 82 valence electrons. The summed E-state index contributed by atoms with van der Waals surface area (Å²) in [6.07, 6.45) is 3.84. The summed E-state index contributed by atoms with van der Waals surface area (Å²) in [6.45, 7) is 4.65. The predicted octanol–water partition coefficient (Wildman–Crippen LogP) is 3.38. The van der Waals surface area contributed by atoms with E-state index in [1.165, 1.54) is 42.4 Å². The second kappa shape index (κ2) is 4.67. The SMILES string of the molecule is CCCC1(Cc2cccc(Br)c2)CNC1. The van der Waals surface area contributed by atoms with Crippen molar-refractivity contribution in [2.75, 3.05) is 13.1 Å². The van der Waals surface area contributed by atoms with Gasteiger partial charge in [-0.25, -0.2) is 0 Å². The lowest BCUT2D eigenvalue weighted by Gasteiger charge is -2.43. The van der Waals surface area contributed by atoms with Gasteiger partial charge in [-0.1, -0.05) is 41.4 Å². The van der Waals surface area contributed by atoms with Crippen LogP contribution in [0, 0.1) is 5.41 Å². The Morgan fingerprint density at radius 3 is 2.73 bits per heavy atom. The van der Waals surface area contributed by atoms with Gasteiger partial charge < -0.3 is 5.32 Å². The van der Waals surface area contributed by atoms with E-state index in [0.29, 0.717) is 5.41 Å². The highest BCUT2D eigenvalue weighted by atomic mass is 79.9. The molecule has 0 spiro atoms. The number of rotatable bonds is 4. The molecule has 1 aromatic carbocycles. The van der Waals surface area contributed by atoms with Gasteiger partial charge in [0, 0.05) is 17.6 Å². The normalized spacial score (nSPS) is 18.5. The van der Waals surface area contributed by atoms with Crippen molar-refractivity contribution in [1.29, 1.82) is 0 Å². The van der Waals surface area contributed by atoms with Crippen LogP contribution in [0.3, 0.4) is 0 Å². The molecule has 1 fully saturated rings. The number of hydrogen-bond donors (Lipinski definition) is 1. The number of nitrogens with one attached hydrogen (secondary N) is 1. The number of halogens is 1. The molecule has 15 heavy (non-hydrogen) atoms. The molecule has 2 heteroatoms. The third-order valence-electron chi connectivity index (χ3n) is 3.25. The molecule has 2 rings (SSSR count). The van der Waals surface area contributed by atoms with Gasteiger partial charge in [0.05, 0.1) is 0 Å². The maximum atomic E-state index is 3.53. The van der Waals surface area contributed by atoms with Crippen molar-refractivity contribution in [2.24, 2.45) is 5.41 Å². The largest absolute Gasteiger partial charge is 0.316 e. The van der Waals surface area contributed by atoms with Crippen LogP contribution in [0.4, 0.5) is 0 Å². The molecule has 0 saturated carbocycles. The third-order valence-corrected chi connectivity index (χ3v) is 3.74. The van der Waals surface area contributed by atoms with E-state index in [2.05, 4.69) is 52.4 Å². The molecular formula is C13H18BrN. The predicted molar refractivity (Wildman–Crippen MR) is 68.1 cm³/mol. The van der Waals surface area contributed by atoms with E-state index < -0.39 is 0 Å². The first-order valence-electron chi connectivity index (χ1n) is 5.69. The van der Waals surface area contributed by atoms with Gasteiger partial charge in [-0.15, -0.1) is 0 Å². The number of hydrogen-bond acceptors (Lipinski definition) is 1. The summed E-state index contributed by atoms with van der Waals surface area (Å²) < 4.78 is 1.19. The second-order valence-corrected chi connectivity index (χ2v) is 5.58. The van der Waals surface area contributed by atoms with Gasteiger partial charge in [0.15, 0.2) is 0 Å². The Hall–Kier alpha value is -0.340. The fourth-order valence-electron chi connectivity index (χ4n) is 2.48. The van der Waals surface area contributed by atoms with Crippen LogP contribution in [0.15, 0.2) is 28.7 Å². The van der Waals surface area contributed by atoms with Gasteiger partial charge in [-0.2, -0.15) is 0 Å². The van der Waals surface area contributed by atoms with Crippen LogP contribution in [-0.2, 0) is 6.42 Å². The van der Waals surface area contributed by atoms with Crippen LogP contribution >= 0.6 is 15.9 Å². The summed E-state index contributed by atoms with van der Waals surface area (Å²) in [6, 6.07) is 8.70. The molecule has 0 aromatic heterocycles. The smallest absolute Gasteiger partial charge is 0.0177 e. The first kappa shape index (κ1) is 11.2. The monoisotopic (exact) mass is 267 g/mol. The first-order chi connectivity index (χ1) is 7.24. The van der Waals surface area contributed by atoms with Crippen molar-refractivity contribution in [1.82, 2.24) is 5.32 Å². The topological polar surface area (TPSA) is 12.0 Å². The Kier molecular flexibility index (Phi) is 3.47. The molecule has 0 bridgehead atoms. The second-order valence-electron chi connectivity index (χ2n) is 4.66. The summed E-state index contributed by atoms with van der Waals surface area (Å²) in [4.78, 5) is 0. The molecule has 1 aliphatic heterocycles. The van der Waals surface area contributed by atoms with Crippen molar-refractivity contribution < 1.29 is 0 Å². The minimum atomic E-state index is 0.537. The zero-order valence-electron chi connectivity index (χ0n) is 9.22. The van der Waals surface area contributed by atoms with Gasteiger partial charge in [-0.05, 0) is 36.0 Å². The summed E-state index contributed by atoms with van der Waals surface area (Å²) in [7, 11) is 0. The van der Waals surface area contributed by atoms with E-state index in [9.17, 15) is 0 Å². The highest BCUT2D eigenvalue weighted by molar-refractivity contribution is 9.10. The Labute approximate surface area is 100 Å². The van der Waals surface area contributed by atoms with Crippen LogP contribution in [0.5, 0.6) is 0 Å². The van der Waals surface area contributed by atoms with Gasteiger partial charge >= 0.3 is 0 Å². The lowest BCUT2D eigenvalue weighted by atomic mass is 9.73. The molecule has 1 aromatic rings. The quantitative estimate of drug-likeness (QED) is 0.882.